The van der Waals surface area contributed by atoms with Crippen LogP contribution in [0.2, 0.25) is 0 Å². The maximum absolute atomic E-state index is 12.2. The summed E-state index contributed by atoms with van der Waals surface area (Å²) in [6.45, 7) is 7.73. The lowest BCUT2D eigenvalue weighted by Crippen LogP contribution is -2.50. The van der Waals surface area contributed by atoms with Crippen LogP contribution in [0.4, 0.5) is 0 Å². The van der Waals surface area contributed by atoms with Crippen LogP contribution in [0.1, 0.15) is 33.6 Å². The van der Waals surface area contributed by atoms with E-state index in [1.165, 1.54) is 0 Å². The summed E-state index contributed by atoms with van der Waals surface area (Å²) in [5.41, 5.74) is 0. The van der Waals surface area contributed by atoms with Crippen molar-refractivity contribution in [1.82, 2.24) is 9.80 Å². The van der Waals surface area contributed by atoms with Crippen LogP contribution >= 0.6 is 0 Å². The maximum atomic E-state index is 12.2. The van der Waals surface area contributed by atoms with Crippen LogP contribution in [0.25, 0.3) is 0 Å². The molecule has 5 nitrogen and oxygen atoms in total. The van der Waals surface area contributed by atoms with Crippen molar-refractivity contribution in [2.45, 2.75) is 45.7 Å². The van der Waals surface area contributed by atoms with Crippen LogP contribution in [0.3, 0.4) is 0 Å². The first kappa shape index (κ1) is 14.0. The highest BCUT2D eigenvalue weighted by molar-refractivity contribution is 5.83. The molecule has 2 unspecified atom stereocenters. The van der Waals surface area contributed by atoms with E-state index < -0.39 is 12.0 Å². The minimum absolute atomic E-state index is 0.0307. The van der Waals surface area contributed by atoms with E-state index in [2.05, 4.69) is 0 Å². The lowest BCUT2D eigenvalue weighted by molar-refractivity contribution is -0.145. The fourth-order valence-corrected chi connectivity index (χ4v) is 2.46. The van der Waals surface area contributed by atoms with Crippen molar-refractivity contribution in [2.75, 3.05) is 19.6 Å². The van der Waals surface area contributed by atoms with Crippen molar-refractivity contribution in [3.8, 4) is 0 Å². The number of carboxylic acids is 1. The average Bonchev–Trinajstić information content (AvgIpc) is 2.78. The summed E-state index contributed by atoms with van der Waals surface area (Å²) in [7, 11) is 0. The highest BCUT2D eigenvalue weighted by atomic mass is 16.4. The Balaban J connectivity index is 2.71. The monoisotopic (exact) mass is 242 g/mol. The van der Waals surface area contributed by atoms with E-state index in [-0.39, 0.29) is 11.9 Å². The number of carbonyl (C=O) groups excluding carboxylic acids is 1. The van der Waals surface area contributed by atoms with E-state index in [0.29, 0.717) is 26.1 Å². The van der Waals surface area contributed by atoms with Gasteiger partial charge >= 0.3 is 5.97 Å². The van der Waals surface area contributed by atoms with Crippen LogP contribution in [0.5, 0.6) is 0 Å². The van der Waals surface area contributed by atoms with Gasteiger partial charge in [-0.05, 0) is 40.2 Å². The molecule has 0 radical (unpaired) electrons. The number of carbonyl (C=O) groups is 2. The first-order chi connectivity index (χ1) is 8.02. The van der Waals surface area contributed by atoms with Crippen molar-refractivity contribution in [2.24, 2.45) is 0 Å². The van der Waals surface area contributed by atoms with Gasteiger partial charge in [-0.1, -0.05) is 0 Å². The minimum Gasteiger partial charge on any atom is -0.480 e. The number of amides is 1. The highest BCUT2D eigenvalue weighted by Crippen LogP contribution is 2.21. The van der Waals surface area contributed by atoms with Gasteiger partial charge in [0, 0.05) is 13.1 Å². The summed E-state index contributed by atoms with van der Waals surface area (Å²) in [5, 5.41) is 9.10. The van der Waals surface area contributed by atoms with E-state index >= 15 is 0 Å². The molecule has 1 N–H and O–H groups in total. The number of hydrogen-bond acceptors (Lipinski definition) is 3. The van der Waals surface area contributed by atoms with Crippen LogP contribution in [0, 0.1) is 0 Å². The number of rotatable bonds is 5. The van der Waals surface area contributed by atoms with Gasteiger partial charge in [0.2, 0.25) is 5.91 Å². The molecule has 5 heteroatoms. The van der Waals surface area contributed by atoms with Crippen molar-refractivity contribution < 1.29 is 14.7 Å². The van der Waals surface area contributed by atoms with Gasteiger partial charge in [-0.15, -0.1) is 0 Å². The quantitative estimate of drug-likeness (QED) is 0.774. The molecule has 98 valence electrons. The van der Waals surface area contributed by atoms with Crippen LogP contribution in [-0.2, 0) is 9.59 Å². The predicted molar refractivity (Wildman–Crippen MR) is 64.8 cm³/mol. The molecule has 0 bridgehead atoms. The van der Waals surface area contributed by atoms with E-state index in [0.717, 1.165) is 6.42 Å². The van der Waals surface area contributed by atoms with Crippen LogP contribution in [0.15, 0.2) is 0 Å². The largest absolute Gasteiger partial charge is 0.480 e. The Hall–Kier alpha value is -1.10. The van der Waals surface area contributed by atoms with Gasteiger partial charge < -0.3 is 10.0 Å². The summed E-state index contributed by atoms with van der Waals surface area (Å²) >= 11 is 0. The van der Waals surface area contributed by atoms with Gasteiger partial charge in [0.25, 0.3) is 0 Å². The Morgan fingerprint density at radius 1 is 1.41 bits per heavy atom. The van der Waals surface area contributed by atoms with Crippen molar-refractivity contribution in [3.05, 3.63) is 0 Å². The molecule has 0 saturated carbocycles. The molecule has 1 aliphatic heterocycles. The molecule has 1 fully saturated rings. The van der Waals surface area contributed by atoms with Gasteiger partial charge in [-0.3, -0.25) is 14.5 Å². The zero-order chi connectivity index (χ0) is 13.0. The van der Waals surface area contributed by atoms with Gasteiger partial charge in [0.05, 0.1) is 6.04 Å². The third-order valence-corrected chi connectivity index (χ3v) is 3.51. The average molecular weight is 242 g/mol. The van der Waals surface area contributed by atoms with E-state index in [1.54, 1.807) is 4.90 Å². The number of likely N-dealkylation sites (tertiary alicyclic amines) is 1. The second-order valence-corrected chi connectivity index (χ2v) is 4.42. The summed E-state index contributed by atoms with van der Waals surface area (Å²) in [5.74, 6) is -0.787. The lowest BCUT2D eigenvalue weighted by Gasteiger charge is -2.31. The standard InChI is InChI=1S/C12H22N2O3/c1-4-13(5-2)11(15)9(3)14-8-6-7-10(14)12(16)17/h9-10H,4-8H2,1-3H3,(H,16,17). The molecule has 17 heavy (non-hydrogen) atoms. The molecule has 1 amide bonds. The molecule has 0 aliphatic carbocycles. The third-order valence-electron chi connectivity index (χ3n) is 3.51. The van der Waals surface area contributed by atoms with Crippen molar-refractivity contribution >= 4 is 11.9 Å². The normalized spacial score (nSPS) is 22.4. The molecule has 0 spiro atoms. The first-order valence-corrected chi connectivity index (χ1v) is 6.30. The topological polar surface area (TPSA) is 60.9 Å². The Labute approximate surface area is 102 Å². The molecule has 1 saturated heterocycles. The first-order valence-electron chi connectivity index (χ1n) is 6.30. The van der Waals surface area contributed by atoms with Crippen molar-refractivity contribution in [3.63, 3.8) is 0 Å². The Morgan fingerprint density at radius 3 is 2.47 bits per heavy atom. The van der Waals surface area contributed by atoms with E-state index in [9.17, 15) is 9.59 Å². The molecule has 0 aromatic carbocycles. The fourth-order valence-electron chi connectivity index (χ4n) is 2.46. The SMILES string of the molecule is CCN(CC)C(=O)C(C)N1CCCC1C(=O)O. The number of carboxylic acid groups (broad SMARTS) is 1. The molecule has 0 aromatic heterocycles. The fraction of sp³-hybridized carbons (Fsp3) is 0.833. The van der Waals surface area contributed by atoms with E-state index in [1.807, 2.05) is 25.7 Å². The summed E-state index contributed by atoms with van der Waals surface area (Å²) in [6, 6.07) is -0.831. The molecule has 2 atom stereocenters. The number of hydrogen-bond donors (Lipinski definition) is 1. The van der Waals surface area contributed by atoms with Crippen LogP contribution in [-0.4, -0.2) is 58.5 Å². The maximum Gasteiger partial charge on any atom is 0.320 e. The van der Waals surface area contributed by atoms with E-state index in [4.69, 9.17) is 5.11 Å². The van der Waals surface area contributed by atoms with Crippen LogP contribution < -0.4 is 0 Å². The molecule has 1 aliphatic rings. The lowest BCUT2D eigenvalue weighted by atomic mass is 10.2. The summed E-state index contributed by atoms with van der Waals surface area (Å²) < 4.78 is 0. The van der Waals surface area contributed by atoms with Gasteiger partial charge in [-0.2, -0.15) is 0 Å². The highest BCUT2D eigenvalue weighted by Gasteiger charge is 2.37. The van der Waals surface area contributed by atoms with Gasteiger partial charge in [-0.25, -0.2) is 0 Å². The number of nitrogens with zero attached hydrogens (tertiary/aromatic N) is 2. The van der Waals surface area contributed by atoms with Gasteiger partial charge in [0.1, 0.15) is 6.04 Å². The third kappa shape index (κ3) is 2.97. The minimum atomic E-state index is -0.818. The van der Waals surface area contributed by atoms with Gasteiger partial charge in [0.15, 0.2) is 0 Å². The molecule has 0 aromatic rings. The Kier molecular flexibility index (Phi) is 4.93. The Morgan fingerprint density at radius 2 is 2.00 bits per heavy atom. The summed E-state index contributed by atoms with van der Waals surface area (Å²) in [6.07, 6.45) is 1.50. The Bertz CT molecular complexity index is 289. The summed E-state index contributed by atoms with van der Waals surface area (Å²) in [4.78, 5) is 26.8. The second-order valence-electron chi connectivity index (χ2n) is 4.42. The number of aliphatic carboxylic acids is 1. The smallest absolute Gasteiger partial charge is 0.320 e. The molecule has 1 rings (SSSR count). The molecular formula is C12H22N2O3. The predicted octanol–water partition coefficient (Wildman–Crippen LogP) is 0.792. The number of likely N-dealkylation sites (N-methyl/N-ethyl adjacent to an activating group) is 1. The zero-order valence-corrected chi connectivity index (χ0v) is 10.8. The zero-order valence-electron chi connectivity index (χ0n) is 10.8. The molecular weight excluding hydrogens is 220 g/mol. The van der Waals surface area contributed by atoms with Crippen molar-refractivity contribution in [1.29, 1.82) is 0 Å². The second kappa shape index (κ2) is 6.00. The molecule has 1 heterocycles.